The van der Waals surface area contributed by atoms with Crippen LogP contribution in [0.4, 0.5) is 4.79 Å². The highest BCUT2D eigenvalue weighted by Gasteiger charge is 2.30. The highest BCUT2D eigenvalue weighted by molar-refractivity contribution is 7.53. The second-order valence-corrected chi connectivity index (χ2v) is 8.53. The Morgan fingerprint density at radius 3 is 2.11 bits per heavy atom. The average Bonchev–Trinajstić information content (AvgIpc) is 2.66. The van der Waals surface area contributed by atoms with Crippen molar-refractivity contribution in [3.05, 3.63) is 0 Å². The summed E-state index contributed by atoms with van der Waals surface area (Å²) < 4.78 is 28.1. The van der Waals surface area contributed by atoms with Gasteiger partial charge in [0, 0.05) is 26.2 Å². The molecule has 0 aromatic carbocycles. The van der Waals surface area contributed by atoms with Crippen LogP contribution in [0, 0.1) is 0 Å². The smallest absolute Gasteiger partial charge is 0.409 e. The number of hydrogen-bond donors (Lipinski definition) is 1. The fraction of sp³-hybridized carbons (Fsp3) is 0.882. The molecule has 27 heavy (non-hydrogen) atoms. The number of amides is 2. The molecule has 0 bridgehead atoms. The van der Waals surface area contributed by atoms with E-state index >= 15 is 0 Å². The molecule has 1 atom stereocenters. The van der Waals surface area contributed by atoms with E-state index in [2.05, 4.69) is 0 Å². The molecule has 1 aliphatic heterocycles. The highest BCUT2D eigenvalue weighted by Crippen LogP contribution is 2.48. The van der Waals surface area contributed by atoms with Gasteiger partial charge >= 0.3 is 13.7 Å². The molecule has 2 amide bonds. The van der Waals surface area contributed by atoms with Crippen LogP contribution in [0.25, 0.3) is 0 Å². The van der Waals surface area contributed by atoms with Gasteiger partial charge in [0.2, 0.25) is 5.91 Å². The molecule has 1 heterocycles. The first-order valence-electron chi connectivity index (χ1n) is 9.71. The minimum atomic E-state index is -3.21. The Hall–Kier alpha value is -1.15. The topological polar surface area (TPSA) is 111 Å². The van der Waals surface area contributed by atoms with Gasteiger partial charge in [-0.2, -0.15) is 0 Å². The number of carbonyl (C=O) groups is 2. The molecule has 0 aliphatic carbocycles. The van der Waals surface area contributed by atoms with Gasteiger partial charge in [0.1, 0.15) is 0 Å². The van der Waals surface area contributed by atoms with Gasteiger partial charge in [-0.3, -0.25) is 9.36 Å². The zero-order chi connectivity index (χ0) is 20.3. The van der Waals surface area contributed by atoms with Crippen LogP contribution >= 0.6 is 7.60 Å². The molecule has 0 spiro atoms. The monoisotopic (exact) mass is 407 g/mol. The standard InChI is InChI=1S/C17H34N3O6P/c1-4-7-13-24-17(22)20-11-9-19(10-12-20)16(21)15(18)8-14-27(23,25-5-2)26-6-3/h15H,4-14,18H2,1-3H3/t15-/m1/s1. The first-order valence-corrected chi connectivity index (χ1v) is 11.4. The third-order valence-electron chi connectivity index (χ3n) is 4.26. The summed E-state index contributed by atoms with van der Waals surface area (Å²) in [6, 6.07) is -0.776. The summed E-state index contributed by atoms with van der Waals surface area (Å²) >= 11 is 0. The van der Waals surface area contributed by atoms with Crippen LogP contribution in [0.5, 0.6) is 0 Å². The zero-order valence-corrected chi connectivity index (χ0v) is 17.6. The van der Waals surface area contributed by atoms with Crippen molar-refractivity contribution in [2.45, 2.75) is 46.1 Å². The number of nitrogens with two attached hydrogens (primary N) is 1. The molecule has 0 aromatic heterocycles. The average molecular weight is 407 g/mol. The Morgan fingerprint density at radius 1 is 1.04 bits per heavy atom. The normalized spacial score (nSPS) is 16.3. The lowest BCUT2D eigenvalue weighted by molar-refractivity contribution is -0.134. The van der Waals surface area contributed by atoms with Crippen LogP contribution in [0.2, 0.25) is 0 Å². The first kappa shape index (κ1) is 23.9. The van der Waals surface area contributed by atoms with Crippen molar-refractivity contribution >= 4 is 19.6 Å². The Morgan fingerprint density at radius 2 is 1.59 bits per heavy atom. The SMILES string of the molecule is CCCCOC(=O)N1CCN(C(=O)[C@H](N)CCP(=O)(OCC)OCC)CC1. The Bertz CT molecular complexity index is 501. The minimum Gasteiger partial charge on any atom is -0.449 e. The Labute approximate surface area is 162 Å². The van der Waals surface area contributed by atoms with Crippen LogP contribution in [-0.2, 0) is 23.1 Å². The van der Waals surface area contributed by atoms with Crippen LogP contribution < -0.4 is 5.73 Å². The molecule has 1 rings (SSSR count). The van der Waals surface area contributed by atoms with Crippen molar-refractivity contribution in [3.63, 3.8) is 0 Å². The number of piperazine rings is 1. The van der Waals surface area contributed by atoms with Crippen molar-refractivity contribution in [1.29, 1.82) is 0 Å². The van der Waals surface area contributed by atoms with Gasteiger partial charge in [0.05, 0.1) is 32.0 Å². The van der Waals surface area contributed by atoms with Crippen molar-refractivity contribution in [3.8, 4) is 0 Å². The number of ether oxygens (including phenoxy) is 1. The molecular weight excluding hydrogens is 373 g/mol. The second-order valence-electron chi connectivity index (χ2n) is 6.35. The van der Waals surface area contributed by atoms with Crippen molar-refractivity contribution in [1.82, 2.24) is 9.80 Å². The lowest BCUT2D eigenvalue weighted by atomic mass is 10.2. The van der Waals surface area contributed by atoms with E-state index in [1.54, 1.807) is 23.6 Å². The fourth-order valence-corrected chi connectivity index (χ4v) is 4.43. The molecule has 0 radical (unpaired) electrons. The number of nitrogens with zero attached hydrogens (tertiary/aromatic N) is 2. The molecule has 0 unspecified atom stereocenters. The van der Waals surface area contributed by atoms with Gasteiger partial charge in [-0.1, -0.05) is 13.3 Å². The second kappa shape index (κ2) is 12.3. The van der Waals surface area contributed by atoms with Crippen LogP contribution in [0.3, 0.4) is 0 Å². The van der Waals surface area contributed by atoms with E-state index in [4.69, 9.17) is 19.5 Å². The van der Waals surface area contributed by atoms with Gasteiger partial charge in [-0.25, -0.2) is 4.79 Å². The van der Waals surface area contributed by atoms with E-state index in [1.807, 2.05) is 6.92 Å². The van der Waals surface area contributed by atoms with Crippen LogP contribution in [-0.4, -0.2) is 80.0 Å². The van der Waals surface area contributed by atoms with Crippen molar-refractivity contribution < 1.29 is 27.9 Å². The number of rotatable bonds is 11. The highest BCUT2D eigenvalue weighted by atomic mass is 31.2. The van der Waals surface area contributed by atoms with Gasteiger partial charge < -0.3 is 29.3 Å². The summed E-state index contributed by atoms with van der Waals surface area (Å²) in [5.74, 6) is -0.214. The van der Waals surface area contributed by atoms with E-state index in [0.29, 0.717) is 32.8 Å². The Balaban J connectivity index is 2.42. The molecular formula is C17H34N3O6P. The maximum Gasteiger partial charge on any atom is 0.409 e. The van der Waals surface area contributed by atoms with E-state index in [9.17, 15) is 14.2 Å². The fourth-order valence-electron chi connectivity index (χ4n) is 2.72. The van der Waals surface area contributed by atoms with Crippen LogP contribution in [0.15, 0.2) is 0 Å². The predicted molar refractivity (Wildman–Crippen MR) is 103 cm³/mol. The molecule has 1 aliphatic rings. The predicted octanol–water partition coefficient (Wildman–Crippen LogP) is 2.05. The molecule has 2 N–H and O–H groups in total. The van der Waals surface area contributed by atoms with E-state index < -0.39 is 13.6 Å². The van der Waals surface area contributed by atoms with Gasteiger partial charge in [-0.15, -0.1) is 0 Å². The maximum absolute atomic E-state index is 12.5. The largest absolute Gasteiger partial charge is 0.449 e. The van der Waals surface area contributed by atoms with Gasteiger partial charge in [0.15, 0.2) is 0 Å². The molecule has 10 heteroatoms. The summed E-state index contributed by atoms with van der Waals surface area (Å²) in [5, 5.41) is 0. The van der Waals surface area contributed by atoms with Gasteiger partial charge in [-0.05, 0) is 26.7 Å². The zero-order valence-electron chi connectivity index (χ0n) is 16.7. The molecule has 0 aromatic rings. The van der Waals surface area contributed by atoms with Crippen LogP contribution in [0.1, 0.15) is 40.0 Å². The van der Waals surface area contributed by atoms with Crippen molar-refractivity contribution in [2.75, 3.05) is 52.2 Å². The molecule has 1 fully saturated rings. The third-order valence-corrected chi connectivity index (χ3v) is 6.36. The summed E-state index contributed by atoms with van der Waals surface area (Å²) in [5.41, 5.74) is 5.99. The van der Waals surface area contributed by atoms with E-state index in [1.165, 1.54) is 0 Å². The first-order chi connectivity index (χ1) is 12.9. The van der Waals surface area contributed by atoms with Crippen molar-refractivity contribution in [2.24, 2.45) is 5.73 Å². The minimum absolute atomic E-state index is 0.102. The van der Waals surface area contributed by atoms with E-state index in [0.717, 1.165) is 12.8 Å². The lowest BCUT2D eigenvalue weighted by Crippen LogP contribution is -2.54. The summed E-state index contributed by atoms with van der Waals surface area (Å²) in [7, 11) is -3.21. The maximum atomic E-state index is 12.5. The number of carbonyl (C=O) groups excluding carboxylic acids is 2. The van der Waals surface area contributed by atoms with Gasteiger partial charge in [0.25, 0.3) is 0 Å². The summed E-state index contributed by atoms with van der Waals surface area (Å²) in [6.07, 6.45) is 1.79. The quantitative estimate of drug-likeness (QED) is 0.412. The molecule has 158 valence electrons. The summed E-state index contributed by atoms with van der Waals surface area (Å²) in [6.45, 7) is 8.12. The number of unbranched alkanes of at least 4 members (excludes halogenated alkanes) is 1. The lowest BCUT2D eigenvalue weighted by Gasteiger charge is -2.35. The molecule has 9 nitrogen and oxygen atoms in total. The van der Waals surface area contributed by atoms with E-state index in [-0.39, 0.29) is 37.8 Å². The number of hydrogen-bond acceptors (Lipinski definition) is 7. The third kappa shape index (κ3) is 8.17. The summed E-state index contributed by atoms with van der Waals surface area (Å²) in [4.78, 5) is 27.7. The Kier molecular flexibility index (Phi) is 10.9. The molecule has 0 saturated carbocycles. The molecule has 1 saturated heterocycles.